The van der Waals surface area contributed by atoms with Gasteiger partial charge in [0.05, 0.1) is 27.9 Å². The summed E-state index contributed by atoms with van der Waals surface area (Å²) in [6, 6.07) is 13.4. The predicted molar refractivity (Wildman–Crippen MR) is 131 cm³/mol. The number of likely N-dealkylation sites (tertiary alicyclic amines) is 1. The lowest BCUT2D eigenvalue weighted by atomic mass is 9.96. The Labute approximate surface area is 205 Å². The highest BCUT2D eigenvalue weighted by Crippen LogP contribution is 2.31. The van der Waals surface area contributed by atoms with Gasteiger partial charge in [-0.25, -0.2) is 0 Å². The average molecular weight is 481 g/mol. The third kappa shape index (κ3) is 6.30. The number of aromatic nitrogens is 2. The maximum absolute atomic E-state index is 12.6. The first-order valence-electron chi connectivity index (χ1n) is 11.8. The number of hydrogen-bond acceptors (Lipinski definition) is 8. The molecule has 1 aliphatic rings. The van der Waals surface area contributed by atoms with Crippen molar-refractivity contribution in [2.24, 2.45) is 5.92 Å². The molecule has 0 aliphatic carbocycles. The van der Waals surface area contributed by atoms with Crippen LogP contribution < -0.4 is 19.5 Å². The molecule has 35 heavy (non-hydrogen) atoms. The van der Waals surface area contributed by atoms with E-state index in [9.17, 15) is 4.79 Å². The molecule has 2 aromatic carbocycles. The van der Waals surface area contributed by atoms with Crippen molar-refractivity contribution >= 4 is 5.91 Å². The highest BCUT2D eigenvalue weighted by molar-refractivity contribution is 5.78. The molecule has 0 bridgehead atoms. The van der Waals surface area contributed by atoms with Crippen molar-refractivity contribution in [2.45, 2.75) is 25.8 Å². The molecule has 9 nitrogen and oxygen atoms in total. The van der Waals surface area contributed by atoms with Gasteiger partial charge >= 0.3 is 0 Å². The second-order valence-corrected chi connectivity index (χ2v) is 8.52. The van der Waals surface area contributed by atoms with Gasteiger partial charge in [-0.05, 0) is 68.2 Å². The van der Waals surface area contributed by atoms with Crippen molar-refractivity contribution in [2.75, 3.05) is 41.0 Å². The number of benzene rings is 2. The number of nitrogens with one attached hydrogen (secondary N) is 1. The topological polar surface area (TPSA) is 99.0 Å². The van der Waals surface area contributed by atoms with Crippen molar-refractivity contribution in [3.8, 4) is 28.6 Å². The molecule has 1 aliphatic heterocycles. The molecule has 1 aromatic heterocycles. The number of hydrogen-bond donors (Lipinski definition) is 1. The number of amides is 1. The Hall–Kier alpha value is -3.59. The Morgan fingerprint density at radius 3 is 2.46 bits per heavy atom. The molecule has 1 N–H and O–H groups in total. The second kappa shape index (κ2) is 11.7. The van der Waals surface area contributed by atoms with Gasteiger partial charge in [0.15, 0.2) is 11.5 Å². The number of methoxy groups -OCH3 is 3. The Kier molecular flexibility index (Phi) is 8.20. The van der Waals surface area contributed by atoms with Gasteiger partial charge in [-0.1, -0.05) is 17.3 Å². The first-order chi connectivity index (χ1) is 17.1. The van der Waals surface area contributed by atoms with Crippen LogP contribution in [-0.2, 0) is 17.8 Å². The molecule has 0 spiro atoms. The van der Waals surface area contributed by atoms with Gasteiger partial charge in [0, 0.05) is 18.0 Å². The summed E-state index contributed by atoms with van der Waals surface area (Å²) in [4.78, 5) is 19.4. The van der Waals surface area contributed by atoms with Gasteiger partial charge in [0.25, 0.3) is 0 Å². The molecule has 1 fully saturated rings. The van der Waals surface area contributed by atoms with E-state index >= 15 is 0 Å². The van der Waals surface area contributed by atoms with Crippen LogP contribution in [0.5, 0.6) is 17.2 Å². The summed E-state index contributed by atoms with van der Waals surface area (Å²) in [6.45, 7) is 2.81. The Morgan fingerprint density at radius 1 is 1.03 bits per heavy atom. The van der Waals surface area contributed by atoms with Crippen molar-refractivity contribution in [1.29, 1.82) is 0 Å². The Balaban J connectivity index is 1.22. The Bertz CT molecular complexity index is 1110. The predicted octanol–water partition coefficient (Wildman–Crippen LogP) is 3.33. The van der Waals surface area contributed by atoms with Crippen LogP contribution in [0.2, 0.25) is 0 Å². The number of rotatable bonds is 10. The molecule has 0 saturated carbocycles. The van der Waals surface area contributed by atoms with E-state index in [-0.39, 0.29) is 11.8 Å². The van der Waals surface area contributed by atoms with Crippen molar-refractivity contribution in [3.05, 3.63) is 53.9 Å². The van der Waals surface area contributed by atoms with E-state index in [2.05, 4.69) is 20.4 Å². The molecular weight excluding hydrogens is 448 g/mol. The number of carbonyl (C=O) groups excluding carboxylic acids is 1. The molecule has 9 heteroatoms. The lowest BCUT2D eigenvalue weighted by molar-refractivity contribution is -0.126. The number of piperidine rings is 1. The first-order valence-corrected chi connectivity index (χ1v) is 11.8. The van der Waals surface area contributed by atoms with Gasteiger partial charge in [0.1, 0.15) is 5.75 Å². The van der Waals surface area contributed by atoms with Gasteiger partial charge in [0.2, 0.25) is 17.6 Å². The molecule has 0 atom stereocenters. The fourth-order valence-corrected chi connectivity index (χ4v) is 4.22. The molecule has 2 heterocycles. The molecule has 186 valence electrons. The van der Waals surface area contributed by atoms with Crippen molar-refractivity contribution in [3.63, 3.8) is 0 Å². The summed E-state index contributed by atoms with van der Waals surface area (Å²) in [5, 5.41) is 7.20. The van der Waals surface area contributed by atoms with E-state index < -0.39 is 0 Å². The third-order valence-electron chi connectivity index (χ3n) is 6.30. The maximum Gasteiger partial charge on any atom is 0.241 e. The largest absolute Gasteiger partial charge is 0.497 e. The molecule has 1 amide bonds. The highest BCUT2D eigenvalue weighted by Gasteiger charge is 2.26. The van der Waals surface area contributed by atoms with Crippen LogP contribution in [0.4, 0.5) is 0 Å². The molecule has 3 aromatic rings. The smallest absolute Gasteiger partial charge is 0.241 e. The minimum atomic E-state index is 0.0344. The van der Waals surface area contributed by atoms with Gasteiger partial charge < -0.3 is 24.1 Å². The van der Waals surface area contributed by atoms with E-state index in [0.29, 0.717) is 36.3 Å². The highest BCUT2D eigenvalue weighted by atomic mass is 16.5. The second-order valence-electron chi connectivity index (χ2n) is 8.52. The van der Waals surface area contributed by atoms with Crippen LogP contribution in [0.1, 0.15) is 24.3 Å². The summed E-state index contributed by atoms with van der Waals surface area (Å²) in [7, 11) is 4.84. The summed E-state index contributed by atoms with van der Waals surface area (Å²) in [5.41, 5.74) is 1.97. The van der Waals surface area contributed by atoms with Crippen LogP contribution in [0.25, 0.3) is 11.4 Å². The van der Waals surface area contributed by atoms with Gasteiger partial charge in [-0.15, -0.1) is 0 Å². The summed E-state index contributed by atoms with van der Waals surface area (Å²) < 4.78 is 21.3. The normalized spacial score (nSPS) is 14.5. The molecular formula is C26H32N4O5. The van der Waals surface area contributed by atoms with Crippen LogP contribution >= 0.6 is 0 Å². The lowest BCUT2D eigenvalue weighted by Crippen LogP contribution is -2.40. The molecule has 0 radical (unpaired) electrons. The van der Waals surface area contributed by atoms with E-state index in [1.807, 2.05) is 42.5 Å². The fraction of sp³-hybridized carbons (Fsp3) is 0.423. The SMILES string of the molecule is COc1ccc(CCNC(=O)C2CCN(Cc3nc(-c4ccc(OC)c(OC)c4)no3)CC2)cc1. The van der Waals surface area contributed by atoms with E-state index in [1.54, 1.807) is 21.3 Å². The lowest BCUT2D eigenvalue weighted by Gasteiger charge is -2.30. The maximum atomic E-state index is 12.6. The third-order valence-corrected chi connectivity index (χ3v) is 6.30. The summed E-state index contributed by atoms with van der Waals surface area (Å²) in [6.07, 6.45) is 2.42. The zero-order valence-electron chi connectivity index (χ0n) is 20.5. The monoisotopic (exact) mass is 480 g/mol. The molecule has 4 rings (SSSR count). The minimum Gasteiger partial charge on any atom is -0.497 e. The first kappa shape index (κ1) is 24.5. The fourth-order valence-electron chi connectivity index (χ4n) is 4.22. The van der Waals surface area contributed by atoms with Crippen LogP contribution in [0.15, 0.2) is 47.0 Å². The van der Waals surface area contributed by atoms with Gasteiger partial charge in [-0.2, -0.15) is 4.98 Å². The van der Waals surface area contributed by atoms with E-state index in [4.69, 9.17) is 18.7 Å². The van der Waals surface area contributed by atoms with E-state index in [1.165, 1.54) is 5.56 Å². The minimum absolute atomic E-state index is 0.0344. The Morgan fingerprint density at radius 2 is 1.77 bits per heavy atom. The van der Waals surface area contributed by atoms with Crippen LogP contribution in [-0.4, -0.2) is 61.9 Å². The molecule has 0 unspecified atom stereocenters. The average Bonchev–Trinajstić information content (AvgIpc) is 3.37. The quantitative estimate of drug-likeness (QED) is 0.472. The van der Waals surface area contributed by atoms with Crippen LogP contribution in [0.3, 0.4) is 0 Å². The number of ether oxygens (including phenoxy) is 3. The van der Waals surface area contributed by atoms with Crippen LogP contribution in [0, 0.1) is 5.92 Å². The molecule has 1 saturated heterocycles. The van der Waals surface area contributed by atoms with Gasteiger partial charge in [-0.3, -0.25) is 9.69 Å². The summed E-state index contributed by atoms with van der Waals surface area (Å²) in [5.74, 6) is 3.32. The number of carbonyl (C=O) groups is 1. The van der Waals surface area contributed by atoms with Crippen molar-refractivity contribution in [1.82, 2.24) is 20.4 Å². The zero-order chi connectivity index (χ0) is 24.6. The van der Waals surface area contributed by atoms with Crippen molar-refractivity contribution < 1.29 is 23.5 Å². The number of nitrogens with zero attached hydrogens (tertiary/aromatic N) is 3. The summed E-state index contributed by atoms with van der Waals surface area (Å²) >= 11 is 0. The zero-order valence-corrected chi connectivity index (χ0v) is 20.5. The standard InChI is InChI=1S/C26H32N4O5/c1-32-21-7-4-18(5-8-21)10-13-27-26(31)19-11-14-30(15-12-19)17-24-28-25(29-35-24)20-6-9-22(33-2)23(16-20)34-3/h4-9,16,19H,10-15,17H2,1-3H3,(H,27,31). The van der Waals surface area contributed by atoms with E-state index in [0.717, 1.165) is 43.7 Å².